The predicted molar refractivity (Wildman–Crippen MR) is 24.5 cm³/mol. The van der Waals surface area contributed by atoms with Crippen molar-refractivity contribution >= 4 is 11.9 Å². The number of aliphatic carboxylic acids is 2. The number of carboxylic acid groups (broad SMARTS) is 2. The van der Waals surface area contributed by atoms with E-state index in [9.17, 15) is 9.59 Å². The number of hydrogen-bond donors (Lipinski definition) is 2. The standard InChI is InChI=1S/C4H6O4.Mo/c5-3(6)1-2-4(7)8;/h1-2H2,(H,5,6)(H,7,8);. The molecular weight excluding hydrogens is 208 g/mol. The molecule has 0 rings (SSSR count). The first-order valence-corrected chi connectivity index (χ1v) is 2.06. The van der Waals surface area contributed by atoms with E-state index in [1.165, 1.54) is 0 Å². The maximum atomic E-state index is 9.64. The van der Waals surface area contributed by atoms with Crippen LogP contribution in [0.1, 0.15) is 12.8 Å². The van der Waals surface area contributed by atoms with Gasteiger partial charge < -0.3 is 10.2 Å². The summed E-state index contributed by atoms with van der Waals surface area (Å²) in [5.41, 5.74) is 0. The topological polar surface area (TPSA) is 74.6 Å². The van der Waals surface area contributed by atoms with Crippen LogP contribution < -0.4 is 0 Å². The number of carbonyl (C=O) groups is 2. The minimum Gasteiger partial charge on any atom is -0.481 e. The quantitative estimate of drug-likeness (QED) is 0.645. The van der Waals surface area contributed by atoms with E-state index in [1.807, 2.05) is 0 Å². The Labute approximate surface area is 66.1 Å². The van der Waals surface area contributed by atoms with Gasteiger partial charge in [-0.1, -0.05) is 0 Å². The molecule has 0 spiro atoms. The van der Waals surface area contributed by atoms with E-state index >= 15 is 0 Å². The summed E-state index contributed by atoms with van der Waals surface area (Å²) in [5.74, 6) is -2.15. The summed E-state index contributed by atoms with van der Waals surface area (Å²) < 4.78 is 0. The van der Waals surface area contributed by atoms with Crippen LogP contribution in [0.2, 0.25) is 0 Å². The fourth-order valence-electron chi connectivity index (χ4n) is 0.214. The Morgan fingerprint density at radius 2 is 1.22 bits per heavy atom. The fourth-order valence-corrected chi connectivity index (χ4v) is 0.214. The largest absolute Gasteiger partial charge is 0.481 e. The molecule has 2 N–H and O–H groups in total. The molecule has 5 heteroatoms. The molecule has 0 saturated carbocycles. The fraction of sp³-hybridized carbons (Fsp3) is 0.500. The molecule has 0 aliphatic rings. The monoisotopic (exact) mass is 216 g/mol. The van der Waals surface area contributed by atoms with E-state index in [4.69, 9.17) is 10.2 Å². The minimum atomic E-state index is -1.08. The van der Waals surface area contributed by atoms with Crippen LogP contribution in [0.3, 0.4) is 0 Å². The molecule has 0 heterocycles. The summed E-state index contributed by atoms with van der Waals surface area (Å²) in [4.78, 5) is 19.3. The third-order valence-corrected chi connectivity index (χ3v) is 0.553. The Morgan fingerprint density at radius 1 is 1.00 bits per heavy atom. The Bertz CT molecular complexity index is 97.1. The first-order valence-electron chi connectivity index (χ1n) is 2.06. The summed E-state index contributed by atoms with van der Waals surface area (Å²) in [6.45, 7) is 0. The van der Waals surface area contributed by atoms with E-state index in [0.717, 1.165) is 0 Å². The van der Waals surface area contributed by atoms with Gasteiger partial charge >= 0.3 is 11.9 Å². The van der Waals surface area contributed by atoms with Crippen LogP contribution in [0.4, 0.5) is 0 Å². The van der Waals surface area contributed by atoms with E-state index in [2.05, 4.69) is 0 Å². The summed E-state index contributed by atoms with van der Waals surface area (Å²) in [6, 6.07) is 0. The van der Waals surface area contributed by atoms with Crippen molar-refractivity contribution in [1.29, 1.82) is 0 Å². The van der Waals surface area contributed by atoms with Crippen molar-refractivity contribution in [3.05, 3.63) is 0 Å². The minimum absolute atomic E-state index is 0. The van der Waals surface area contributed by atoms with E-state index in [0.29, 0.717) is 0 Å². The van der Waals surface area contributed by atoms with Crippen molar-refractivity contribution in [1.82, 2.24) is 0 Å². The smallest absolute Gasteiger partial charge is 0.303 e. The van der Waals surface area contributed by atoms with Crippen LogP contribution in [0, 0.1) is 0 Å². The van der Waals surface area contributed by atoms with Gasteiger partial charge in [0.1, 0.15) is 0 Å². The molecule has 4 nitrogen and oxygen atoms in total. The van der Waals surface area contributed by atoms with Gasteiger partial charge in [-0.05, 0) is 0 Å². The Balaban J connectivity index is 0. The van der Waals surface area contributed by atoms with Crippen molar-refractivity contribution < 1.29 is 40.9 Å². The SMILES string of the molecule is O=C(O)CCC(=O)O.[Mo]. The second-order valence-electron chi connectivity index (χ2n) is 1.29. The molecule has 0 saturated heterocycles. The molecule has 9 heavy (non-hydrogen) atoms. The molecule has 52 valence electrons. The zero-order valence-corrected chi connectivity index (χ0v) is 6.54. The first kappa shape index (κ1) is 11.4. The predicted octanol–water partition coefficient (Wildman–Crippen LogP) is -0.0667. The van der Waals surface area contributed by atoms with Gasteiger partial charge in [0.15, 0.2) is 0 Å². The Hall–Kier alpha value is -0.372. The van der Waals surface area contributed by atoms with Gasteiger partial charge in [-0.15, -0.1) is 0 Å². The summed E-state index contributed by atoms with van der Waals surface area (Å²) >= 11 is 0. The molecule has 0 radical (unpaired) electrons. The zero-order chi connectivity index (χ0) is 6.57. The van der Waals surface area contributed by atoms with Crippen LogP contribution in [-0.2, 0) is 30.7 Å². The summed E-state index contributed by atoms with van der Waals surface area (Å²) in [6.07, 6.45) is -0.593. The first-order chi connectivity index (χ1) is 3.63. The number of rotatable bonds is 3. The Kier molecular flexibility index (Phi) is 7.31. The van der Waals surface area contributed by atoms with Crippen LogP contribution in [0.25, 0.3) is 0 Å². The molecular formula is C4H6MoO4. The van der Waals surface area contributed by atoms with Crippen LogP contribution in [0.5, 0.6) is 0 Å². The van der Waals surface area contributed by atoms with E-state index < -0.39 is 11.9 Å². The van der Waals surface area contributed by atoms with Crippen molar-refractivity contribution in [2.45, 2.75) is 12.8 Å². The molecule has 0 atom stereocenters. The molecule has 0 amide bonds. The Morgan fingerprint density at radius 3 is 1.33 bits per heavy atom. The summed E-state index contributed by atoms with van der Waals surface area (Å²) in [7, 11) is 0. The van der Waals surface area contributed by atoms with Gasteiger partial charge in [-0.2, -0.15) is 0 Å². The number of carboxylic acids is 2. The van der Waals surface area contributed by atoms with Gasteiger partial charge in [0.2, 0.25) is 0 Å². The maximum absolute atomic E-state index is 9.64. The van der Waals surface area contributed by atoms with E-state index in [1.54, 1.807) is 0 Å². The third-order valence-electron chi connectivity index (χ3n) is 0.553. The van der Waals surface area contributed by atoms with Crippen LogP contribution >= 0.6 is 0 Å². The van der Waals surface area contributed by atoms with Gasteiger partial charge in [0.25, 0.3) is 0 Å². The molecule has 0 bridgehead atoms. The second-order valence-corrected chi connectivity index (χ2v) is 1.29. The van der Waals surface area contributed by atoms with Gasteiger partial charge in [-0.25, -0.2) is 0 Å². The van der Waals surface area contributed by atoms with Crippen molar-refractivity contribution in [3.8, 4) is 0 Å². The normalized spacial score (nSPS) is 7.56. The van der Waals surface area contributed by atoms with E-state index in [-0.39, 0.29) is 33.9 Å². The molecule has 0 aromatic rings. The molecule has 0 aliphatic carbocycles. The third kappa shape index (κ3) is 11.3. The molecule has 0 aromatic carbocycles. The second kappa shape index (κ2) is 5.76. The summed E-state index contributed by atoms with van der Waals surface area (Å²) in [5, 5.41) is 15.8. The molecule has 0 aliphatic heterocycles. The molecule has 0 aromatic heterocycles. The number of hydrogen-bond acceptors (Lipinski definition) is 2. The van der Waals surface area contributed by atoms with Crippen molar-refractivity contribution in [2.75, 3.05) is 0 Å². The average Bonchev–Trinajstić information content (AvgIpc) is 1.61. The zero-order valence-electron chi connectivity index (χ0n) is 4.53. The van der Waals surface area contributed by atoms with Crippen LogP contribution in [0.15, 0.2) is 0 Å². The molecule has 0 fully saturated rings. The van der Waals surface area contributed by atoms with Crippen molar-refractivity contribution in [2.24, 2.45) is 0 Å². The maximum Gasteiger partial charge on any atom is 0.303 e. The van der Waals surface area contributed by atoms with Crippen molar-refractivity contribution in [3.63, 3.8) is 0 Å². The van der Waals surface area contributed by atoms with Crippen LogP contribution in [-0.4, -0.2) is 22.2 Å². The van der Waals surface area contributed by atoms with Gasteiger partial charge in [-0.3, -0.25) is 9.59 Å². The molecule has 0 unspecified atom stereocenters. The average molecular weight is 214 g/mol. The van der Waals surface area contributed by atoms with Gasteiger partial charge in [0.05, 0.1) is 12.8 Å². The van der Waals surface area contributed by atoms with Gasteiger partial charge in [0, 0.05) is 21.1 Å².